The van der Waals surface area contributed by atoms with Gasteiger partial charge in [-0.3, -0.25) is 0 Å². The first kappa shape index (κ1) is 21.6. The Balaban J connectivity index is 3.25. The molecule has 0 aliphatic rings. The van der Waals surface area contributed by atoms with Crippen molar-refractivity contribution < 1.29 is 36.6 Å². The molecule has 0 saturated heterocycles. The SMILES string of the molecule is C#Cc1c(C(c2ccc(N)c(O)c2C#C)(C(F)(F)F)C(F)(F)F)ccc(N)c1O. The van der Waals surface area contributed by atoms with Gasteiger partial charge in [0.15, 0.2) is 11.5 Å². The van der Waals surface area contributed by atoms with E-state index >= 15 is 0 Å². The van der Waals surface area contributed by atoms with E-state index in [1.807, 2.05) is 0 Å². The Hall–Kier alpha value is -3.66. The molecule has 0 bridgehead atoms. The first-order chi connectivity index (χ1) is 13.3. The number of terminal acetylenes is 2. The molecule has 2 aromatic rings. The van der Waals surface area contributed by atoms with Gasteiger partial charge >= 0.3 is 12.4 Å². The van der Waals surface area contributed by atoms with Gasteiger partial charge in [0, 0.05) is 11.1 Å². The van der Waals surface area contributed by atoms with Gasteiger partial charge in [-0.05, 0) is 12.1 Å². The Morgan fingerprint density at radius 1 is 0.690 bits per heavy atom. The molecule has 0 aliphatic carbocycles. The summed E-state index contributed by atoms with van der Waals surface area (Å²) in [6, 6.07) is 2.09. The third kappa shape index (κ3) is 2.93. The van der Waals surface area contributed by atoms with Gasteiger partial charge in [0.05, 0.1) is 22.5 Å². The van der Waals surface area contributed by atoms with Crippen molar-refractivity contribution >= 4 is 11.4 Å². The number of aromatic hydroxyl groups is 2. The third-order valence-electron chi connectivity index (χ3n) is 4.37. The van der Waals surface area contributed by atoms with Gasteiger partial charge in [-0.25, -0.2) is 0 Å². The Labute approximate surface area is 160 Å². The standard InChI is InChI=1S/C19H12F6N2O2/c1-3-9-11(5-7-13(26)15(9)28)17(18(20,21)22,19(23,24)25)12-6-8-14(27)16(29)10(12)4-2/h1-2,5-8,28-29H,26-27H2. The van der Waals surface area contributed by atoms with E-state index in [1.165, 1.54) is 0 Å². The normalized spacial score (nSPS) is 12.3. The van der Waals surface area contributed by atoms with E-state index in [2.05, 4.69) is 0 Å². The van der Waals surface area contributed by atoms with Crippen molar-refractivity contribution in [3.8, 4) is 36.2 Å². The molecule has 0 aromatic heterocycles. The summed E-state index contributed by atoms with van der Waals surface area (Å²) in [6.45, 7) is 0. The molecular weight excluding hydrogens is 402 g/mol. The number of halogens is 6. The lowest BCUT2D eigenvalue weighted by Gasteiger charge is -2.39. The lowest BCUT2D eigenvalue weighted by atomic mass is 9.69. The molecule has 0 saturated carbocycles. The van der Waals surface area contributed by atoms with Crippen molar-refractivity contribution in [2.24, 2.45) is 0 Å². The van der Waals surface area contributed by atoms with E-state index in [0.29, 0.717) is 24.3 Å². The highest BCUT2D eigenvalue weighted by Crippen LogP contribution is 2.59. The highest BCUT2D eigenvalue weighted by Gasteiger charge is 2.74. The zero-order valence-corrected chi connectivity index (χ0v) is 14.3. The van der Waals surface area contributed by atoms with E-state index in [9.17, 15) is 36.6 Å². The molecule has 6 N–H and O–H groups in total. The fraction of sp³-hybridized carbons (Fsp3) is 0.158. The second-order valence-electron chi connectivity index (χ2n) is 5.89. The molecule has 0 amide bonds. The Kier molecular flexibility index (Phi) is 5.03. The van der Waals surface area contributed by atoms with E-state index < -0.39 is 62.9 Å². The van der Waals surface area contributed by atoms with Crippen LogP contribution in [0.15, 0.2) is 24.3 Å². The van der Waals surface area contributed by atoms with Crippen LogP contribution >= 0.6 is 0 Å². The van der Waals surface area contributed by atoms with Gasteiger partial charge < -0.3 is 21.7 Å². The van der Waals surface area contributed by atoms with Gasteiger partial charge in [-0.1, -0.05) is 24.0 Å². The van der Waals surface area contributed by atoms with Gasteiger partial charge in [-0.2, -0.15) is 26.3 Å². The van der Waals surface area contributed by atoms with Crippen LogP contribution in [0.1, 0.15) is 22.3 Å². The summed E-state index contributed by atoms with van der Waals surface area (Å²) in [5, 5.41) is 19.9. The topological polar surface area (TPSA) is 92.5 Å². The van der Waals surface area contributed by atoms with Crippen LogP contribution in [0, 0.1) is 24.7 Å². The zero-order chi connectivity index (χ0) is 22.4. The zero-order valence-electron chi connectivity index (χ0n) is 14.3. The van der Waals surface area contributed by atoms with Crippen LogP contribution < -0.4 is 11.5 Å². The summed E-state index contributed by atoms with van der Waals surface area (Å²) in [5.74, 6) is 0.968. The number of hydrogen-bond acceptors (Lipinski definition) is 4. The van der Waals surface area contributed by atoms with E-state index in [1.54, 1.807) is 11.8 Å². The molecule has 0 aliphatic heterocycles. The molecule has 152 valence electrons. The molecule has 29 heavy (non-hydrogen) atoms. The smallest absolute Gasteiger partial charge is 0.411 e. The largest absolute Gasteiger partial charge is 0.505 e. The van der Waals surface area contributed by atoms with Gasteiger partial charge in [0.1, 0.15) is 0 Å². The van der Waals surface area contributed by atoms with Crippen LogP contribution in [0.2, 0.25) is 0 Å². The van der Waals surface area contributed by atoms with Crippen molar-refractivity contribution in [1.82, 2.24) is 0 Å². The summed E-state index contributed by atoms with van der Waals surface area (Å²) >= 11 is 0. The fourth-order valence-electron chi connectivity index (χ4n) is 3.05. The highest BCUT2D eigenvalue weighted by molar-refractivity contribution is 5.71. The molecule has 2 aromatic carbocycles. The fourth-order valence-corrected chi connectivity index (χ4v) is 3.05. The van der Waals surface area contributed by atoms with Gasteiger partial charge in [-0.15, -0.1) is 12.8 Å². The molecule has 0 spiro atoms. The Bertz CT molecular complexity index is 973. The molecule has 4 nitrogen and oxygen atoms in total. The Morgan fingerprint density at radius 3 is 1.24 bits per heavy atom. The van der Waals surface area contributed by atoms with Crippen LogP contribution in [0.3, 0.4) is 0 Å². The number of phenols is 2. The molecule has 0 heterocycles. The second-order valence-corrected chi connectivity index (χ2v) is 5.89. The quantitative estimate of drug-likeness (QED) is 0.261. The maximum absolute atomic E-state index is 14.3. The number of phenolic OH excluding ortho intramolecular Hbond substituents is 2. The molecule has 0 atom stereocenters. The predicted octanol–water partition coefficient (Wildman–Crippen LogP) is 3.64. The van der Waals surface area contributed by atoms with Crippen LogP contribution in [0.5, 0.6) is 11.5 Å². The number of hydrogen-bond donors (Lipinski definition) is 4. The minimum absolute atomic E-state index is 0.402. The average Bonchev–Trinajstić information content (AvgIpc) is 2.59. The van der Waals surface area contributed by atoms with Crippen molar-refractivity contribution in [1.29, 1.82) is 0 Å². The Morgan fingerprint density at radius 2 is 1.00 bits per heavy atom. The summed E-state index contributed by atoms with van der Waals surface area (Å²) in [5.41, 5.74) is -0.451. The third-order valence-corrected chi connectivity index (χ3v) is 4.37. The maximum atomic E-state index is 14.3. The molecule has 10 heteroatoms. The lowest BCUT2D eigenvalue weighted by Crippen LogP contribution is -2.55. The molecular formula is C19H12F6N2O2. The number of nitrogen functional groups attached to an aromatic ring is 2. The van der Waals surface area contributed by atoms with Crippen LogP contribution in [0.4, 0.5) is 37.7 Å². The van der Waals surface area contributed by atoms with Crippen LogP contribution in [-0.4, -0.2) is 22.6 Å². The minimum atomic E-state index is -6.06. The lowest BCUT2D eigenvalue weighted by molar-refractivity contribution is -0.288. The second kappa shape index (κ2) is 6.74. The summed E-state index contributed by atoms with van der Waals surface area (Å²) in [6.07, 6.45) is -1.93. The first-order valence-electron chi connectivity index (χ1n) is 7.56. The molecule has 0 unspecified atom stereocenters. The monoisotopic (exact) mass is 414 g/mol. The number of nitrogens with two attached hydrogens (primary N) is 2. The van der Waals surface area contributed by atoms with E-state index in [0.717, 1.165) is 0 Å². The minimum Gasteiger partial charge on any atom is -0.505 e. The summed E-state index contributed by atoms with van der Waals surface area (Å²) in [4.78, 5) is 0. The maximum Gasteiger partial charge on any atom is 0.411 e. The highest BCUT2D eigenvalue weighted by atomic mass is 19.4. The van der Waals surface area contributed by atoms with Crippen LogP contribution in [-0.2, 0) is 5.41 Å². The van der Waals surface area contributed by atoms with Crippen molar-refractivity contribution in [3.05, 3.63) is 46.5 Å². The summed E-state index contributed by atoms with van der Waals surface area (Å²) < 4.78 is 85.5. The number of alkyl halides is 6. The van der Waals surface area contributed by atoms with Gasteiger partial charge in [0.2, 0.25) is 5.41 Å². The predicted molar refractivity (Wildman–Crippen MR) is 93.8 cm³/mol. The first-order valence-corrected chi connectivity index (χ1v) is 7.56. The molecule has 2 rings (SSSR count). The van der Waals surface area contributed by atoms with Crippen molar-refractivity contribution in [2.45, 2.75) is 17.8 Å². The molecule has 0 fully saturated rings. The van der Waals surface area contributed by atoms with E-state index in [-0.39, 0.29) is 0 Å². The summed E-state index contributed by atoms with van der Waals surface area (Å²) in [7, 11) is 0. The average molecular weight is 414 g/mol. The van der Waals surface area contributed by atoms with Crippen molar-refractivity contribution in [3.63, 3.8) is 0 Å². The number of benzene rings is 2. The van der Waals surface area contributed by atoms with Crippen LogP contribution in [0.25, 0.3) is 0 Å². The number of rotatable bonds is 2. The van der Waals surface area contributed by atoms with Gasteiger partial charge in [0.25, 0.3) is 0 Å². The molecule has 0 radical (unpaired) electrons. The van der Waals surface area contributed by atoms with E-state index in [4.69, 9.17) is 24.3 Å². The van der Waals surface area contributed by atoms with Crippen molar-refractivity contribution in [2.75, 3.05) is 11.5 Å². The number of anilines is 2.